The van der Waals surface area contributed by atoms with Crippen LogP contribution in [-0.2, 0) is 33.0 Å². The number of carbonyl (C=O) groups is 1. The maximum absolute atomic E-state index is 10.7. The summed E-state index contributed by atoms with van der Waals surface area (Å²) in [6.07, 6.45) is 0.378. The Bertz CT molecular complexity index is 332. The number of hydrogen-bond acceptors (Lipinski definition) is 2. The van der Waals surface area contributed by atoms with Crippen molar-refractivity contribution < 1.29 is 26.6 Å². The molecule has 0 spiro atoms. The van der Waals surface area contributed by atoms with Gasteiger partial charge in [0.2, 0.25) is 0 Å². The van der Waals surface area contributed by atoms with Gasteiger partial charge in [-0.1, -0.05) is 0 Å². The second kappa shape index (κ2) is 8.95. The molecule has 0 N–H and O–H groups in total. The van der Waals surface area contributed by atoms with Gasteiger partial charge < -0.3 is 4.74 Å². The summed E-state index contributed by atoms with van der Waals surface area (Å²) in [6.45, 7) is 0. The topological polar surface area (TPSA) is 26.3 Å². The molecule has 2 aromatic rings. The van der Waals surface area contributed by atoms with Gasteiger partial charge in [0, 0.05) is 6.42 Å². The van der Waals surface area contributed by atoms with Crippen LogP contribution >= 0.6 is 0 Å². The van der Waals surface area contributed by atoms with Crippen molar-refractivity contribution in [3.05, 3.63) is 60.2 Å². The maximum Gasteiger partial charge on any atom is 2.00 e. The summed E-state index contributed by atoms with van der Waals surface area (Å²) < 4.78 is 4.48. The Morgan fingerprint density at radius 3 is 2.12 bits per heavy atom. The van der Waals surface area contributed by atoms with Crippen LogP contribution in [0.5, 0.6) is 0 Å². The van der Waals surface area contributed by atoms with Crippen molar-refractivity contribution in [2.75, 3.05) is 7.11 Å². The van der Waals surface area contributed by atoms with E-state index in [-0.39, 0.29) is 23.0 Å². The van der Waals surface area contributed by atoms with Crippen molar-refractivity contribution >= 4 is 5.97 Å². The average molecular weight is 258 g/mol. The van der Waals surface area contributed by atoms with Crippen LogP contribution in [0.4, 0.5) is 0 Å². The van der Waals surface area contributed by atoms with E-state index in [0.29, 0.717) is 6.42 Å². The molecular formula is C13H14FeO2. The normalized spacial score (nSPS) is 8.31. The SMILES string of the molecule is COC(=O)C[c-]1cccc1.[Fe+2].c1cc[cH-]c1. The van der Waals surface area contributed by atoms with E-state index in [1.54, 1.807) is 0 Å². The first-order chi connectivity index (χ1) is 7.33. The molecular weight excluding hydrogens is 244 g/mol. The third-order valence-corrected chi connectivity index (χ3v) is 1.86. The van der Waals surface area contributed by atoms with Crippen LogP contribution in [0.1, 0.15) is 5.56 Å². The van der Waals surface area contributed by atoms with Gasteiger partial charge in [0.05, 0.1) is 7.11 Å². The summed E-state index contributed by atoms with van der Waals surface area (Å²) in [5.41, 5.74) is 1.01. The number of rotatable bonds is 2. The van der Waals surface area contributed by atoms with E-state index >= 15 is 0 Å². The molecule has 0 aliphatic rings. The Labute approximate surface area is 106 Å². The molecule has 0 aromatic heterocycles. The van der Waals surface area contributed by atoms with Crippen molar-refractivity contribution in [3.8, 4) is 0 Å². The van der Waals surface area contributed by atoms with E-state index < -0.39 is 0 Å². The molecule has 3 heteroatoms. The quantitative estimate of drug-likeness (QED) is 0.470. The van der Waals surface area contributed by atoms with Crippen LogP contribution in [0.3, 0.4) is 0 Å². The van der Waals surface area contributed by atoms with E-state index in [0.717, 1.165) is 5.56 Å². The first-order valence-electron chi connectivity index (χ1n) is 4.77. The molecule has 2 rings (SSSR count). The second-order valence-corrected chi connectivity index (χ2v) is 3.01. The summed E-state index contributed by atoms with van der Waals surface area (Å²) in [5.74, 6) is -0.189. The van der Waals surface area contributed by atoms with Crippen molar-refractivity contribution in [2.45, 2.75) is 6.42 Å². The number of carbonyl (C=O) groups excluding carboxylic acids is 1. The molecule has 86 valence electrons. The van der Waals surface area contributed by atoms with Crippen LogP contribution < -0.4 is 0 Å². The van der Waals surface area contributed by atoms with Crippen LogP contribution in [-0.4, -0.2) is 13.1 Å². The number of ether oxygens (including phenoxy) is 1. The summed E-state index contributed by atoms with van der Waals surface area (Å²) in [4.78, 5) is 10.7. The third-order valence-electron chi connectivity index (χ3n) is 1.86. The molecule has 0 aliphatic carbocycles. The van der Waals surface area contributed by atoms with Gasteiger partial charge in [-0.3, -0.25) is 4.79 Å². The van der Waals surface area contributed by atoms with Crippen molar-refractivity contribution in [3.63, 3.8) is 0 Å². The van der Waals surface area contributed by atoms with Gasteiger partial charge in [-0.05, 0) is 0 Å². The van der Waals surface area contributed by atoms with Crippen molar-refractivity contribution in [1.82, 2.24) is 0 Å². The monoisotopic (exact) mass is 258 g/mol. The average Bonchev–Trinajstić information content (AvgIpc) is 2.92. The summed E-state index contributed by atoms with van der Waals surface area (Å²) in [7, 11) is 1.39. The van der Waals surface area contributed by atoms with Gasteiger partial charge in [-0.25, -0.2) is 24.3 Å². The zero-order chi connectivity index (χ0) is 10.9. The molecule has 0 unspecified atom stereocenters. The minimum absolute atomic E-state index is 0. The zero-order valence-electron chi connectivity index (χ0n) is 9.07. The van der Waals surface area contributed by atoms with Crippen molar-refractivity contribution in [2.24, 2.45) is 0 Å². The third kappa shape index (κ3) is 6.23. The van der Waals surface area contributed by atoms with Gasteiger partial charge >= 0.3 is 17.1 Å². The molecule has 16 heavy (non-hydrogen) atoms. The minimum atomic E-state index is -0.189. The van der Waals surface area contributed by atoms with Gasteiger partial charge in [-0.2, -0.15) is 30.3 Å². The number of esters is 1. The molecule has 2 aromatic carbocycles. The zero-order valence-corrected chi connectivity index (χ0v) is 10.2. The van der Waals surface area contributed by atoms with E-state index in [1.807, 2.05) is 54.6 Å². The molecule has 2 nitrogen and oxygen atoms in total. The molecule has 0 saturated heterocycles. The number of hydrogen-bond donors (Lipinski definition) is 0. The minimum Gasteiger partial charge on any atom is -0.470 e. The van der Waals surface area contributed by atoms with E-state index in [4.69, 9.17) is 0 Å². The van der Waals surface area contributed by atoms with Crippen LogP contribution in [0.15, 0.2) is 54.6 Å². The van der Waals surface area contributed by atoms with Gasteiger partial charge in [0.1, 0.15) is 0 Å². The number of methoxy groups -OCH3 is 1. The molecule has 0 radical (unpaired) electrons. The fourth-order valence-corrected chi connectivity index (χ4v) is 1.09. The van der Waals surface area contributed by atoms with Gasteiger partial charge in [-0.15, -0.1) is 5.56 Å². The molecule has 0 fully saturated rings. The van der Waals surface area contributed by atoms with Crippen LogP contribution in [0.25, 0.3) is 0 Å². The van der Waals surface area contributed by atoms with Crippen LogP contribution in [0.2, 0.25) is 0 Å². The smallest absolute Gasteiger partial charge is 0.470 e. The molecule has 0 bridgehead atoms. The second-order valence-electron chi connectivity index (χ2n) is 3.01. The molecule has 0 aliphatic heterocycles. The predicted octanol–water partition coefficient (Wildman–Crippen LogP) is 2.52. The molecule has 0 saturated carbocycles. The Morgan fingerprint density at radius 2 is 1.75 bits per heavy atom. The van der Waals surface area contributed by atoms with E-state index in [9.17, 15) is 4.79 Å². The first-order valence-corrected chi connectivity index (χ1v) is 4.77. The largest absolute Gasteiger partial charge is 2.00 e. The van der Waals surface area contributed by atoms with E-state index in [2.05, 4.69) is 4.74 Å². The Hall–Kier alpha value is -1.31. The fraction of sp³-hybridized carbons (Fsp3) is 0.154. The molecule has 0 atom stereocenters. The van der Waals surface area contributed by atoms with Crippen molar-refractivity contribution in [1.29, 1.82) is 0 Å². The first kappa shape index (κ1) is 14.7. The van der Waals surface area contributed by atoms with E-state index in [1.165, 1.54) is 7.11 Å². The Balaban J connectivity index is 0.000000318. The summed E-state index contributed by atoms with van der Waals surface area (Å²) >= 11 is 0. The standard InChI is InChI=1S/C8H9O2.C5H5.Fe/c1-10-8(9)6-7-4-2-3-5-7;1-2-4-5-3-1;/h2-5H,6H2,1H3;1-5H;/q2*-1;+2. The molecule has 0 heterocycles. The fourth-order valence-electron chi connectivity index (χ4n) is 1.09. The van der Waals surface area contributed by atoms with Gasteiger partial charge in [0.15, 0.2) is 0 Å². The Kier molecular flexibility index (Phi) is 8.22. The predicted molar refractivity (Wildman–Crippen MR) is 59.8 cm³/mol. The summed E-state index contributed by atoms with van der Waals surface area (Å²) in [5, 5.41) is 0. The van der Waals surface area contributed by atoms with Crippen LogP contribution in [0, 0.1) is 0 Å². The van der Waals surface area contributed by atoms with Gasteiger partial charge in [0.25, 0.3) is 5.97 Å². The Morgan fingerprint density at radius 1 is 1.19 bits per heavy atom. The molecule has 0 amide bonds. The maximum atomic E-state index is 10.7. The summed E-state index contributed by atoms with van der Waals surface area (Å²) in [6, 6.07) is 17.6.